The molecule has 1 amide bonds. The average molecular weight is 329 g/mol. The number of rotatable bonds is 3. The standard InChI is InChI=1S/C12H11BrClN3O/c1-17-11(2-3-16-17)7-15-12(18)8-4-9(13)6-10(14)5-8/h2-6H,7H2,1H3,(H,15,18). The molecule has 0 spiro atoms. The van der Waals surface area contributed by atoms with E-state index in [1.165, 1.54) is 0 Å². The number of hydrogen-bond acceptors (Lipinski definition) is 2. The minimum absolute atomic E-state index is 0.167. The number of amides is 1. The van der Waals surface area contributed by atoms with Gasteiger partial charge < -0.3 is 5.32 Å². The Bertz CT molecular complexity index is 562. The van der Waals surface area contributed by atoms with E-state index in [0.717, 1.165) is 10.2 Å². The van der Waals surface area contributed by atoms with Crippen molar-refractivity contribution in [1.82, 2.24) is 15.1 Å². The first-order chi connectivity index (χ1) is 8.56. The molecule has 0 saturated carbocycles. The van der Waals surface area contributed by atoms with Crippen molar-refractivity contribution in [2.75, 3.05) is 0 Å². The van der Waals surface area contributed by atoms with Gasteiger partial charge >= 0.3 is 0 Å². The molecule has 0 radical (unpaired) electrons. The number of carbonyl (C=O) groups excluding carboxylic acids is 1. The van der Waals surface area contributed by atoms with Crippen molar-refractivity contribution in [2.45, 2.75) is 6.54 Å². The van der Waals surface area contributed by atoms with Crippen molar-refractivity contribution in [3.8, 4) is 0 Å². The minimum Gasteiger partial charge on any atom is -0.346 e. The van der Waals surface area contributed by atoms with E-state index in [4.69, 9.17) is 11.6 Å². The van der Waals surface area contributed by atoms with Crippen molar-refractivity contribution >= 4 is 33.4 Å². The zero-order valence-electron chi connectivity index (χ0n) is 9.65. The lowest BCUT2D eigenvalue weighted by atomic mass is 10.2. The predicted octanol–water partition coefficient (Wildman–Crippen LogP) is 2.77. The molecule has 0 atom stereocenters. The Hall–Kier alpha value is -1.33. The van der Waals surface area contributed by atoms with Gasteiger partial charge in [0.05, 0.1) is 12.2 Å². The van der Waals surface area contributed by atoms with E-state index in [1.54, 1.807) is 29.1 Å². The van der Waals surface area contributed by atoms with Gasteiger partial charge in [0.1, 0.15) is 0 Å². The van der Waals surface area contributed by atoms with Crippen LogP contribution in [0.15, 0.2) is 34.9 Å². The second kappa shape index (κ2) is 5.54. The van der Waals surface area contributed by atoms with E-state index in [0.29, 0.717) is 17.1 Å². The third-order valence-corrected chi connectivity index (χ3v) is 3.15. The van der Waals surface area contributed by atoms with Crippen LogP contribution >= 0.6 is 27.5 Å². The molecule has 0 saturated heterocycles. The predicted molar refractivity (Wildman–Crippen MR) is 73.5 cm³/mol. The largest absolute Gasteiger partial charge is 0.346 e. The molecule has 18 heavy (non-hydrogen) atoms. The van der Waals surface area contributed by atoms with Crippen molar-refractivity contribution in [1.29, 1.82) is 0 Å². The summed E-state index contributed by atoms with van der Waals surface area (Å²) in [6.45, 7) is 0.430. The highest BCUT2D eigenvalue weighted by atomic mass is 79.9. The monoisotopic (exact) mass is 327 g/mol. The molecule has 94 valence electrons. The number of carbonyl (C=O) groups is 1. The van der Waals surface area contributed by atoms with Crippen molar-refractivity contribution in [3.63, 3.8) is 0 Å². The van der Waals surface area contributed by atoms with Crippen LogP contribution in [-0.2, 0) is 13.6 Å². The van der Waals surface area contributed by atoms with Crippen LogP contribution in [0.1, 0.15) is 16.1 Å². The number of aromatic nitrogens is 2. The summed E-state index contributed by atoms with van der Waals surface area (Å²) in [5.74, 6) is -0.167. The van der Waals surface area contributed by atoms with Gasteiger partial charge in [-0.05, 0) is 24.3 Å². The molecule has 0 aliphatic heterocycles. The van der Waals surface area contributed by atoms with E-state index < -0.39 is 0 Å². The number of nitrogens with zero attached hydrogens (tertiary/aromatic N) is 2. The third kappa shape index (κ3) is 3.11. The minimum atomic E-state index is -0.167. The molecule has 0 aliphatic rings. The van der Waals surface area contributed by atoms with Gasteiger partial charge in [-0.1, -0.05) is 27.5 Å². The highest BCUT2D eigenvalue weighted by molar-refractivity contribution is 9.10. The Morgan fingerprint density at radius 3 is 2.89 bits per heavy atom. The Morgan fingerprint density at radius 1 is 1.50 bits per heavy atom. The lowest BCUT2D eigenvalue weighted by Gasteiger charge is -2.06. The maximum Gasteiger partial charge on any atom is 0.251 e. The van der Waals surface area contributed by atoms with E-state index >= 15 is 0 Å². The van der Waals surface area contributed by atoms with Crippen LogP contribution in [-0.4, -0.2) is 15.7 Å². The molecule has 1 N–H and O–H groups in total. The maximum atomic E-state index is 11.9. The summed E-state index contributed by atoms with van der Waals surface area (Å²) < 4.78 is 2.49. The molecule has 0 aliphatic carbocycles. The fourth-order valence-corrected chi connectivity index (χ4v) is 2.39. The molecule has 0 bridgehead atoms. The SMILES string of the molecule is Cn1nccc1CNC(=O)c1cc(Cl)cc(Br)c1. The van der Waals surface area contributed by atoms with Gasteiger partial charge in [0.15, 0.2) is 0 Å². The summed E-state index contributed by atoms with van der Waals surface area (Å²) in [5.41, 5.74) is 1.46. The number of nitrogens with one attached hydrogen (secondary N) is 1. The molecule has 0 fully saturated rings. The quantitative estimate of drug-likeness (QED) is 0.942. The van der Waals surface area contributed by atoms with Crippen LogP contribution in [0.25, 0.3) is 0 Å². The van der Waals surface area contributed by atoms with Crippen LogP contribution in [0.4, 0.5) is 0 Å². The molecule has 2 aromatic rings. The van der Waals surface area contributed by atoms with E-state index in [2.05, 4.69) is 26.3 Å². The smallest absolute Gasteiger partial charge is 0.251 e. The van der Waals surface area contributed by atoms with Crippen LogP contribution in [0.3, 0.4) is 0 Å². The van der Waals surface area contributed by atoms with Gasteiger partial charge in [0, 0.05) is 28.3 Å². The molecule has 6 heteroatoms. The van der Waals surface area contributed by atoms with Gasteiger partial charge in [0.2, 0.25) is 0 Å². The first-order valence-electron chi connectivity index (χ1n) is 5.27. The molecule has 4 nitrogen and oxygen atoms in total. The van der Waals surface area contributed by atoms with Crippen LogP contribution < -0.4 is 5.32 Å². The first kappa shape index (κ1) is 13.1. The van der Waals surface area contributed by atoms with E-state index in [1.807, 2.05) is 13.1 Å². The van der Waals surface area contributed by atoms with Crippen LogP contribution in [0.5, 0.6) is 0 Å². The summed E-state index contributed by atoms with van der Waals surface area (Å²) in [5, 5.41) is 7.37. The normalized spacial score (nSPS) is 10.4. The second-order valence-corrected chi connectivity index (χ2v) is 5.14. The molecule has 0 unspecified atom stereocenters. The number of benzene rings is 1. The number of hydrogen-bond donors (Lipinski definition) is 1. The second-order valence-electron chi connectivity index (χ2n) is 3.79. The molecular formula is C12H11BrClN3O. The Balaban J connectivity index is 2.06. The molecule has 2 rings (SSSR count). The topological polar surface area (TPSA) is 46.9 Å². The highest BCUT2D eigenvalue weighted by Crippen LogP contribution is 2.19. The molecule has 1 aromatic carbocycles. The van der Waals surface area contributed by atoms with Gasteiger partial charge in [-0.25, -0.2) is 0 Å². The lowest BCUT2D eigenvalue weighted by molar-refractivity contribution is 0.0950. The van der Waals surface area contributed by atoms with Gasteiger partial charge in [0.25, 0.3) is 5.91 Å². The molecule has 1 aromatic heterocycles. The number of halogens is 2. The average Bonchev–Trinajstić information content (AvgIpc) is 2.70. The fraction of sp³-hybridized carbons (Fsp3) is 0.167. The van der Waals surface area contributed by atoms with Crippen LogP contribution in [0, 0.1) is 0 Å². The van der Waals surface area contributed by atoms with Crippen molar-refractivity contribution < 1.29 is 4.79 Å². The highest BCUT2D eigenvalue weighted by Gasteiger charge is 2.08. The Labute approximate surface area is 118 Å². The molecular weight excluding hydrogens is 318 g/mol. The summed E-state index contributed by atoms with van der Waals surface area (Å²) in [6.07, 6.45) is 1.69. The number of aryl methyl sites for hydroxylation is 1. The third-order valence-electron chi connectivity index (χ3n) is 2.48. The van der Waals surface area contributed by atoms with Crippen LogP contribution in [0.2, 0.25) is 5.02 Å². The fourth-order valence-electron chi connectivity index (χ4n) is 1.53. The van der Waals surface area contributed by atoms with Gasteiger partial charge in [-0.15, -0.1) is 0 Å². The van der Waals surface area contributed by atoms with Gasteiger partial charge in [-0.3, -0.25) is 9.48 Å². The lowest BCUT2D eigenvalue weighted by Crippen LogP contribution is -2.24. The summed E-state index contributed by atoms with van der Waals surface area (Å²) in [4.78, 5) is 11.9. The van der Waals surface area contributed by atoms with Gasteiger partial charge in [-0.2, -0.15) is 5.10 Å². The Morgan fingerprint density at radius 2 is 2.28 bits per heavy atom. The van der Waals surface area contributed by atoms with E-state index in [-0.39, 0.29) is 5.91 Å². The van der Waals surface area contributed by atoms with Crippen molar-refractivity contribution in [2.24, 2.45) is 7.05 Å². The summed E-state index contributed by atoms with van der Waals surface area (Å²) in [7, 11) is 1.83. The zero-order valence-corrected chi connectivity index (χ0v) is 12.0. The van der Waals surface area contributed by atoms with E-state index in [9.17, 15) is 4.79 Å². The summed E-state index contributed by atoms with van der Waals surface area (Å²) >= 11 is 9.20. The first-order valence-corrected chi connectivity index (χ1v) is 6.44. The maximum absolute atomic E-state index is 11.9. The zero-order chi connectivity index (χ0) is 13.1. The molecule has 1 heterocycles. The summed E-state index contributed by atoms with van der Waals surface area (Å²) in [6, 6.07) is 6.95. The Kier molecular flexibility index (Phi) is 4.04. The van der Waals surface area contributed by atoms with Crippen molar-refractivity contribution in [3.05, 3.63) is 51.2 Å².